The largest absolute Gasteiger partial charge is 0.454 e. The SMILES string of the molecule is CCC(C(=O)NCC(C)C)N(Cc1ccc(Cl)cc1Cl)C(=O)CN(c1ccc2c(c1)OCO2)S(=O)(=O)CC. The second-order valence-corrected chi connectivity index (χ2v) is 12.3. The van der Waals surface area contributed by atoms with Crippen LogP contribution < -0.4 is 19.1 Å². The Morgan fingerprint density at radius 2 is 1.76 bits per heavy atom. The first-order valence-corrected chi connectivity index (χ1v) is 14.7. The quantitative estimate of drug-likeness (QED) is 0.394. The Balaban J connectivity index is 1.98. The van der Waals surface area contributed by atoms with Gasteiger partial charge in [0.25, 0.3) is 0 Å². The van der Waals surface area contributed by atoms with Crippen molar-refractivity contribution in [2.75, 3.05) is 29.9 Å². The molecule has 0 aromatic heterocycles. The van der Waals surface area contributed by atoms with Gasteiger partial charge in [-0.1, -0.05) is 50.0 Å². The van der Waals surface area contributed by atoms with Gasteiger partial charge in [0, 0.05) is 29.2 Å². The fourth-order valence-corrected chi connectivity index (χ4v) is 5.46. The molecule has 0 saturated heterocycles. The number of benzene rings is 2. The van der Waals surface area contributed by atoms with Gasteiger partial charge in [-0.3, -0.25) is 13.9 Å². The third kappa shape index (κ3) is 7.24. The van der Waals surface area contributed by atoms with Crippen LogP contribution in [0.4, 0.5) is 5.69 Å². The molecule has 0 fully saturated rings. The van der Waals surface area contributed by atoms with E-state index in [0.29, 0.717) is 40.1 Å². The Bertz CT molecular complexity index is 1270. The van der Waals surface area contributed by atoms with E-state index in [9.17, 15) is 18.0 Å². The van der Waals surface area contributed by atoms with E-state index in [1.54, 1.807) is 37.3 Å². The number of carbonyl (C=O) groups excluding carboxylic acids is 2. The van der Waals surface area contributed by atoms with E-state index in [2.05, 4.69) is 5.32 Å². The smallest absolute Gasteiger partial charge is 0.244 e. The van der Waals surface area contributed by atoms with Gasteiger partial charge in [-0.25, -0.2) is 8.42 Å². The van der Waals surface area contributed by atoms with Gasteiger partial charge in [-0.05, 0) is 49.1 Å². The van der Waals surface area contributed by atoms with Crippen LogP contribution in [0.25, 0.3) is 0 Å². The van der Waals surface area contributed by atoms with Crippen molar-refractivity contribution in [2.24, 2.45) is 5.92 Å². The van der Waals surface area contributed by atoms with E-state index in [0.717, 1.165) is 4.31 Å². The number of sulfonamides is 1. The highest BCUT2D eigenvalue weighted by molar-refractivity contribution is 7.92. The lowest BCUT2D eigenvalue weighted by atomic mass is 10.1. The van der Waals surface area contributed by atoms with Crippen molar-refractivity contribution in [1.29, 1.82) is 0 Å². The van der Waals surface area contributed by atoms with Gasteiger partial charge in [-0.15, -0.1) is 0 Å². The lowest BCUT2D eigenvalue weighted by Crippen LogP contribution is -2.52. The van der Waals surface area contributed by atoms with Crippen molar-refractivity contribution >= 4 is 50.7 Å². The van der Waals surface area contributed by atoms with E-state index in [-0.39, 0.29) is 36.6 Å². The summed E-state index contributed by atoms with van der Waals surface area (Å²) < 4.78 is 38.0. The molecule has 1 heterocycles. The van der Waals surface area contributed by atoms with Gasteiger partial charge in [0.05, 0.1) is 11.4 Å². The lowest BCUT2D eigenvalue weighted by molar-refractivity contribution is -0.140. The Hall–Kier alpha value is -2.69. The summed E-state index contributed by atoms with van der Waals surface area (Å²) in [5, 5.41) is 3.65. The number of rotatable bonds is 12. The summed E-state index contributed by atoms with van der Waals surface area (Å²) in [7, 11) is -3.87. The Morgan fingerprint density at radius 1 is 1.05 bits per heavy atom. The summed E-state index contributed by atoms with van der Waals surface area (Å²) in [5.41, 5.74) is 0.832. The maximum Gasteiger partial charge on any atom is 0.244 e. The third-order valence-electron chi connectivity index (χ3n) is 6.05. The topological polar surface area (TPSA) is 105 Å². The van der Waals surface area contributed by atoms with E-state index in [1.807, 2.05) is 13.8 Å². The van der Waals surface area contributed by atoms with E-state index >= 15 is 0 Å². The van der Waals surface area contributed by atoms with Gasteiger partial charge in [0.1, 0.15) is 12.6 Å². The lowest BCUT2D eigenvalue weighted by Gasteiger charge is -2.33. The predicted molar refractivity (Wildman–Crippen MR) is 148 cm³/mol. The van der Waals surface area contributed by atoms with Crippen LogP contribution in [0, 0.1) is 5.92 Å². The molecule has 208 valence electrons. The van der Waals surface area contributed by atoms with Crippen LogP contribution in [-0.4, -0.2) is 56.8 Å². The van der Waals surface area contributed by atoms with Crippen LogP contribution in [0.3, 0.4) is 0 Å². The standard InChI is InChI=1S/C26H33Cl2N3O6S/c1-5-22(26(33)29-13-17(3)4)30(14-18-7-8-19(27)11-21(18)28)25(32)15-31(38(34,35)6-2)20-9-10-23-24(12-20)37-16-36-23/h7-12,17,22H,5-6,13-16H2,1-4H3,(H,29,33). The van der Waals surface area contributed by atoms with Crippen molar-refractivity contribution < 1.29 is 27.5 Å². The van der Waals surface area contributed by atoms with Crippen molar-refractivity contribution in [3.05, 3.63) is 52.0 Å². The molecule has 12 heteroatoms. The molecule has 1 atom stereocenters. The minimum atomic E-state index is -3.87. The van der Waals surface area contributed by atoms with Gasteiger partial charge in [-0.2, -0.15) is 0 Å². The number of nitrogens with zero attached hydrogens (tertiary/aromatic N) is 2. The Labute approximate surface area is 234 Å². The summed E-state index contributed by atoms with van der Waals surface area (Å²) in [4.78, 5) is 28.4. The first-order chi connectivity index (χ1) is 18.0. The van der Waals surface area contributed by atoms with Gasteiger partial charge in [0.2, 0.25) is 28.6 Å². The molecule has 0 radical (unpaired) electrons. The molecule has 9 nitrogen and oxygen atoms in total. The first-order valence-electron chi connectivity index (χ1n) is 12.4. The van der Waals surface area contributed by atoms with E-state index in [1.165, 1.54) is 17.9 Å². The molecule has 1 aliphatic rings. The number of ether oxygens (including phenoxy) is 2. The van der Waals surface area contributed by atoms with Crippen molar-refractivity contribution in [2.45, 2.75) is 46.7 Å². The molecule has 38 heavy (non-hydrogen) atoms. The first kappa shape index (κ1) is 29.9. The molecule has 1 N–H and O–H groups in total. The summed E-state index contributed by atoms with van der Waals surface area (Å²) in [6.45, 7) is 7.16. The average Bonchev–Trinajstić information content (AvgIpc) is 3.34. The van der Waals surface area contributed by atoms with Crippen LogP contribution >= 0.6 is 23.2 Å². The predicted octanol–water partition coefficient (Wildman–Crippen LogP) is 4.46. The zero-order valence-corrected chi connectivity index (χ0v) is 24.2. The number of nitrogens with one attached hydrogen (secondary N) is 1. The van der Waals surface area contributed by atoms with Gasteiger partial charge >= 0.3 is 0 Å². The number of fused-ring (bicyclic) bond motifs is 1. The second-order valence-electron chi connectivity index (χ2n) is 9.27. The van der Waals surface area contributed by atoms with Crippen molar-refractivity contribution in [1.82, 2.24) is 10.2 Å². The van der Waals surface area contributed by atoms with Gasteiger partial charge < -0.3 is 19.7 Å². The molecule has 2 aromatic rings. The molecule has 0 saturated carbocycles. The highest BCUT2D eigenvalue weighted by Crippen LogP contribution is 2.36. The molecule has 0 spiro atoms. The van der Waals surface area contributed by atoms with Crippen LogP contribution in [0.15, 0.2) is 36.4 Å². The van der Waals surface area contributed by atoms with Crippen LogP contribution in [0.5, 0.6) is 11.5 Å². The maximum atomic E-state index is 13.9. The third-order valence-corrected chi connectivity index (χ3v) is 8.38. The normalized spacial score (nSPS) is 13.3. The van der Waals surface area contributed by atoms with Crippen LogP contribution in [-0.2, 0) is 26.2 Å². The van der Waals surface area contributed by atoms with Crippen LogP contribution in [0.2, 0.25) is 10.0 Å². The molecule has 2 amide bonds. The molecule has 0 aliphatic carbocycles. The molecule has 1 aliphatic heterocycles. The fraction of sp³-hybridized carbons (Fsp3) is 0.462. The monoisotopic (exact) mass is 585 g/mol. The number of hydrogen-bond donors (Lipinski definition) is 1. The number of halogens is 2. The summed E-state index contributed by atoms with van der Waals surface area (Å²) in [6, 6.07) is 8.71. The highest BCUT2D eigenvalue weighted by atomic mass is 35.5. The molecule has 1 unspecified atom stereocenters. The minimum Gasteiger partial charge on any atom is -0.454 e. The molecule has 3 rings (SSSR count). The number of hydrogen-bond acceptors (Lipinski definition) is 6. The molecular formula is C26H33Cl2N3O6S. The zero-order chi connectivity index (χ0) is 28.0. The fourth-order valence-electron chi connectivity index (χ4n) is 3.94. The number of carbonyl (C=O) groups is 2. The average molecular weight is 587 g/mol. The van der Waals surface area contributed by atoms with Crippen molar-refractivity contribution in [3.8, 4) is 11.5 Å². The molecular weight excluding hydrogens is 553 g/mol. The van der Waals surface area contributed by atoms with Gasteiger partial charge in [0.15, 0.2) is 11.5 Å². The Kier molecular flexibility index (Phi) is 10.1. The van der Waals surface area contributed by atoms with Crippen LogP contribution in [0.1, 0.15) is 39.7 Å². The number of amides is 2. The second kappa shape index (κ2) is 12.9. The minimum absolute atomic E-state index is 0.0103. The maximum absolute atomic E-state index is 13.9. The summed E-state index contributed by atoms with van der Waals surface area (Å²) in [6.07, 6.45) is 0.311. The summed E-state index contributed by atoms with van der Waals surface area (Å²) in [5.74, 6) is -0.0344. The van der Waals surface area contributed by atoms with Crippen molar-refractivity contribution in [3.63, 3.8) is 0 Å². The van der Waals surface area contributed by atoms with E-state index < -0.39 is 28.5 Å². The zero-order valence-electron chi connectivity index (χ0n) is 21.9. The number of anilines is 1. The highest BCUT2D eigenvalue weighted by Gasteiger charge is 2.33. The molecule has 0 bridgehead atoms. The summed E-state index contributed by atoms with van der Waals surface area (Å²) >= 11 is 12.5. The molecule has 2 aromatic carbocycles. The van der Waals surface area contributed by atoms with E-state index in [4.69, 9.17) is 32.7 Å². The Morgan fingerprint density at radius 3 is 2.39 bits per heavy atom.